The van der Waals surface area contributed by atoms with Crippen LogP contribution in [0.1, 0.15) is 25.3 Å². The van der Waals surface area contributed by atoms with Crippen LogP contribution in [0.25, 0.3) is 5.82 Å². The second-order valence-electron chi connectivity index (χ2n) is 3.65. The number of hydrogen-bond donors (Lipinski definition) is 0. The molecule has 0 bridgehead atoms. The minimum absolute atomic E-state index is 0.143. The summed E-state index contributed by atoms with van der Waals surface area (Å²) in [5.41, 5.74) is 0.630. The Morgan fingerprint density at radius 2 is 2.13 bits per heavy atom. The van der Waals surface area contributed by atoms with Crippen LogP contribution in [0.3, 0.4) is 0 Å². The molecule has 0 saturated heterocycles. The van der Waals surface area contributed by atoms with E-state index in [1.807, 2.05) is 13.8 Å². The third kappa shape index (κ3) is 1.88. The van der Waals surface area contributed by atoms with Gasteiger partial charge in [-0.25, -0.2) is 4.68 Å². The molecule has 0 aliphatic rings. The topological polar surface area (TPSA) is 30.7 Å². The molecule has 2 heterocycles. The third-order valence-corrected chi connectivity index (χ3v) is 2.22. The highest BCUT2D eigenvalue weighted by Crippen LogP contribution is 2.17. The average molecular weight is 205 g/mol. The first-order valence-electron chi connectivity index (χ1n) is 4.85. The standard InChI is InChI=1S/C11H12FN3/c1-8(2)9-4-5-10(14-11(9)12)15-7-3-6-13-15/h3-8H,1-2H3. The minimum atomic E-state index is -0.419. The number of nitrogens with zero attached hydrogens (tertiary/aromatic N) is 3. The maximum Gasteiger partial charge on any atom is 0.218 e. The number of aromatic nitrogens is 3. The first-order valence-corrected chi connectivity index (χ1v) is 4.85. The van der Waals surface area contributed by atoms with Crippen LogP contribution in [0.4, 0.5) is 4.39 Å². The van der Waals surface area contributed by atoms with Crippen molar-refractivity contribution in [3.63, 3.8) is 0 Å². The van der Waals surface area contributed by atoms with Gasteiger partial charge < -0.3 is 0 Å². The summed E-state index contributed by atoms with van der Waals surface area (Å²) < 4.78 is 15.1. The van der Waals surface area contributed by atoms with Crippen LogP contribution in [0, 0.1) is 5.95 Å². The fraction of sp³-hybridized carbons (Fsp3) is 0.273. The van der Waals surface area contributed by atoms with Crippen LogP contribution in [0.2, 0.25) is 0 Å². The molecule has 0 saturated carbocycles. The smallest absolute Gasteiger partial charge is 0.218 e. The fourth-order valence-electron chi connectivity index (χ4n) is 1.40. The fourth-order valence-corrected chi connectivity index (χ4v) is 1.40. The maximum atomic E-state index is 13.5. The Morgan fingerprint density at radius 3 is 2.67 bits per heavy atom. The van der Waals surface area contributed by atoms with Gasteiger partial charge in [-0.3, -0.25) is 0 Å². The van der Waals surface area contributed by atoms with E-state index in [0.717, 1.165) is 0 Å². The summed E-state index contributed by atoms with van der Waals surface area (Å²) >= 11 is 0. The van der Waals surface area contributed by atoms with Crippen molar-refractivity contribution >= 4 is 0 Å². The molecule has 0 aromatic carbocycles. The molecular weight excluding hydrogens is 193 g/mol. The average Bonchev–Trinajstić information content (AvgIpc) is 2.69. The zero-order valence-corrected chi connectivity index (χ0v) is 8.68. The molecule has 0 fully saturated rings. The van der Waals surface area contributed by atoms with Crippen LogP contribution >= 0.6 is 0 Å². The highest BCUT2D eigenvalue weighted by atomic mass is 19.1. The lowest BCUT2D eigenvalue weighted by Gasteiger charge is -2.07. The monoisotopic (exact) mass is 205 g/mol. The second kappa shape index (κ2) is 3.81. The van der Waals surface area contributed by atoms with Crippen molar-refractivity contribution < 1.29 is 4.39 Å². The van der Waals surface area contributed by atoms with Gasteiger partial charge in [-0.1, -0.05) is 19.9 Å². The van der Waals surface area contributed by atoms with Gasteiger partial charge in [0.15, 0.2) is 5.82 Å². The Kier molecular flexibility index (Phi) is 2.49. The summed E-state index contributed by atoms with van der Waals surface area (Å²) in [4.78, 5) is 3.87. The van der Waals surface area contributed by atoms with Crippen molar-refractivity contribution in [3.8, 4) is 5.82 Å². The molecule has 0 atom stereocenters. The highest BCUT2D eigenvalue weighted by Gasteiger charge is 2.09. The quantitative estimate of drug-likeness (QED) is 0.705. The Hall–Kier alpha value is -1.71. The Balaban J connectivity index is 2.42. The van der Waals surface area contributed by atoms with Crippen molar-refractivity contribution in [1.29, 1.82) is 0 Å². The minimum Gasteiger partial charge on any atom is -0.223 e. The summed E-state index contributed by atoms with van der Waals surface area (Å²) in [6.07, 6.45) is 3.37. The molecule has 0 unspecified atom stereocenters. The zero-order chi connectivity index (χ0) is 10.8. The van der Waals surface area contributed by atoms with Crippen molar-refractivity contribution in [3.05, 3.63) is 42.1 Å². The molecule has 0 aliphatic heterocycles. The molecule has 0 spiro atoms. The van der Waals surface area contributed by atoms with Gasteiger partial charge in [-0.2, -0.15) is 14.5 Å². The lowest BCUT2D eigenvalue weighted by Crippen LogP contribution is -2.03. The molecule has 0 aliphatic carbocycles. The van der Waals surface area contributed by atoms with Gasteiger partial charge >= 0.3 is 0 Å². The van der Waals surface area contributed by atoms with Gasteiger partial charge in [-0.05, 0) is 18.1 Å². The normalized spacial score (nSPS) is 10.9. The first kappa shape index (κ1) is 9.83. The summed E-state index contributed by atoms with van der Waals surface area (Å²) in [7, 11) is 0. The summed E-state index contributed by atoms with van der Waals surface area (Å²) in [6, 6.07) is 5.30. The predicted octanol–water partition coefficient (Wildman–Crippen LogP) is 2.53. The summed E-state index contributed by atoms with van der Waals surface area (Å²) in [6.45, 7) is 3.88. The van der Waals surface area contributed by atoms with Crippen LogP contribution in [-0.4, -0.2) is 14.8 Å². The zero-order valence-electron chi connectivity index (χ0n) is 8.68. The largest absolute Gasteiger partial charge is 0.223 e. The van der Waals surface area contributed by atoms with E-state index in [-0.39, 0.29) is 5.92 Å². The van der Waals surface area contributed by atoms with Crippen molar-refractivity contribution in [2.24, 2.45) is 0 Å². The van der Waals surface area contributed by atoms with E-state index in [1.165, 1.54) is 4.68 Å². The molecule has 0 N–H and O–H groups in total. The SMILES string of the molecule is CC(C)c1ccc(-n2cccn2)nc1F. The van der Waals surface area contributed by atoms with Gasteiger partial charge in [0.05, 0.1) is 0 Å². The van der Waals surface area contributed by atoms with Gasteiger partial charge in [0, 0.05) is 18.0 Å². The van der Waals surface area contributed by atoms with Crippen LogP contribution in [0.15, 0.2) is 30.6 Å². The van der Waals surface area contributed by atoms with Gasteiger partial charge in [-0.15, -0.1) is 0 Å². The van der Waals surface area contributed by atoms with Crippen LogP contribution < -0.4 is 0 Å². The van der Waals surface area contributed by atoms with Gasteiger partial charge in [0.1, 0.15) is 0 Å². The van der Waals surface area contributed by atoms with E-state index in [0.29, 0.717) is 11.4 Å². The summed E-state index contributed by atoms with van der Waals surface area (Å²) in [5, 5.41) is 3.99. The Morgan fingerprint density at radius 1 is 1.33 bits per heavy atom. The Labute approximate surface area is 87.6 Å². The predicted molar refractivity (Wildman–Crippen MR) is 55.4 cm³/mol. The van der Waals surface area contributed by atoms with E-state index in [9.17, 15) is 4.39 Å². The van der Waals surface area contributed by atoms with Gasteiger partial charge in [0.2, 0.25) is 5.95 Å². The van der Waals surface area contributed by atoms with E-state index in [2.05, 4.69) is 10.1 Å². The molecule has 78 valence electrons. The van der Waals surface area contributed by atoms with Crippen molar-refractivity contribution in [1.82, 2.24) is 14.8 Å². The number of halogens is 1. The molecule has 15 heavy (non-hydrogen) atoms. The third-order valence-electron chi connectivity index (χ3n) is 2.22. The van der Waals surface area contributed by atoms with Crippen molar-refractivity contribution in [2.45, 2.75) is 19.8 Å². The molecule has 2 aromatic heterocycles. The van der Waals surface area contributed by atoms with E-state index >= 15 is 0 Å². The maximum absolute atomic E-state index is 13.5. The van der Waals surface area contributed by atoms with Crippen LogP contribution in [0.5, 0.6) is 0 Å². The molecule has 2 rings (SSSR count). The second-order valence-corrected chi connectivity index (χ2v) is 3.65. The number of pyridine rings is 1. The summed E-state index contributed by atoms with van der Waals surface area (Å²) in [5.74, 6) is 0.226. The molecular formula is C11H12FN3. The van der Waals surface area contributed by atoms with Crippen molar-refractivity contribution in [2.75, 3.05) is 0 Å². The first-order chi connectivity index (χ1) is 7.18. The molecule has 0 radical (unpaired) electrons. The van der Waals surface area contributed by atoms with E-state index in [4.69, 9.17) is 0 Å². The Bertz CT molecular complexity index is 449. The molecule has 3 nitrogen and oxygen atoms in total. The molecule has 2 aromatic rings. The van der Waals surface area contributed by atoms with Gasteiger partial charge in [0.25, 0.3) is 0 Å². The lowest BCUT2D eigenvalue weighted by molar-refractivity contribution is 0.551. The number of rotatable bonds is 2. The molecule has 0 amide bonds. The molecule has 4 heteroatoms. The lowest BCUT2D eigenvalue weighted by atomic mass is 10.1. The van der Waals surface area contributed by atoms with Crippen LogP contribution in [-0.2, 0) is 0 Å². The van der Waals surface area contributed by atoms with E-state index in [1.54, 1.807) is 30.6 Å². The number of hydrogen-bond acceptors (Lipinski definition) is 2. The van der Waals surface area contributed by atoms with E-state index < -0.39 is 5.95 Å². The highest BCUT2D eigenvalue weighted by molar-refractivity contribution is 5.26.